The molecule has 5 aromatic carbocycles. The van der Waals surface area contributed by atoms with Crippen LogP contribution in [0.5, 0.6) is 0 Å². The van der Waals surface area contributed by atoms with Crippen LogP contribution < -0.4 is 0 Å². The van der Waals surface area contributed by atoms with Crippen LogP contribution in [0.1, 0.15) is 67.9 Å². The summed E-state index contributed by atoms with van der Waals surface area (Å²) in [5, 5.41) is 2.38. The molecule has 0 atom stereocenters. The molecule has 2 heterocycles. The van der Waals surface area contributed by atoms with E-state index < -0.39 is 0 Å². The van der Waals surface area contributed by atoms with Crippen LogP contribution >= 0.6 is 0 Å². The molecule has 58 heavy (non-hydrogen) atoms. The van der Waals surface area contributed by atoms with Crippen molar-refractivity contribution in [3.8, 4) is 56.3 Å². The molecule has 0 saturated carbocycles. The smallest absolute Gasteiger partial charge is 0.182 e. The molecule has 0 spiro atoms. The van der Waals surface area contributed by atoms with Crippen LogP contribution in [-0.2, 0) is 10.8 Å². The Morgan fingerprint density at radius 3 is 2.10 bits per heavy atom. The van der Waals surface area contributed by atoms with Gasteiger partial charge >= 0.3 is 0 Å². The third-order valence-electron chi connectivity index (χ3n) is 12.4. The Balaban J connectivity index is 1.09. The molecule has 4 nitrogen and oxygen atoms in total. The summed E-state index contributed by atoms with van der Waals surface area (Å²) in [6, 6.07) is 39.7. The molecule has 0 radical (unpaired) electrons. The molecule has 7 aromatic rings. The normalized spacial score (nSPS) is 16.1. The molecule has 0 saturated heterocycles. The quantitative estimate of drug-likeness (QED) is 0.159. The Morgan fingerprint density at radius 1 is 0.603 bits per heavy atom. The first-order valence-corrected chi connectivity index (χ1v) is 20.1. The molecular formula is C54H44N4. The highest BCUT2D eigenvalue weighted by Gasteiger charge is 2.41. The summed E-state index contributed by atoms with van der Waals surface area (Å²) >= 11 is 0. The topological polar surface area (TPSA) is 51.6 Å². The van der Waals surface area contributed by atoms with Crippen molar-refractivity contribution < 1.29 is 0 Å². The first-order valence-electron chi connectivity index (χ1n) is 20.1. The second-order valence-electron chi connectivity index (χ2n) is 16.8. The van der Waals surface area contributed by atoms with Gasteiger partial charge in [-0.15, -0.1) is 0 Å². The number of pyridine rings is 1. The Kier molecular flexibility index (Phi) is 8.24. The maximum Gasteiger partial charge on any atom is 0.182 e. The summed E-state index contributed by atoms with van der Waals surface area (Å²) in [7, 11) is 0. The molecule has 0 unspecified atom stereocenters. The Hall–Kier alpha value is -6.78. The minimum atomic E-state index is -0.232. The van der Waals surface area contributed by atoms with E-state index in [1.54, 1.807) is 0 Å². The molecule has 0 bridgehead atoms. The van der Waals surface area contributed by atoms with E-state index in [9.17, 15) is 0 Å². The molecule has 10 rings (SSSR count). The zero-order chi connectivity index (χ0) is 39.8. The fourth-order valence-electron chi connectivity index (χ4n) is 9.26. The van der Waals surface area contributed by atoms with Gasteiger partial charge < -0.3 is 0 Å². The summed E-state index contributed by atoms with van der Waals surface area (Å²) in [6.07, 6.45) is 15.4. The van der Waals surface area contributed by atoms with Crippen molar-refractivity contribution >= 4 is 16.3 Å². The van der Waals surface area contributed by atoms with E-state index in [1.165, 1.54) is 60.9 Å². The highest BCUT2D eigenvalue weighted by atomic mass is 15.0. The average Bonchev–Trinajstić information content (AvgIpc) is 3.61. The van der Waals surface area contributed by atoms with E-state index in [0.29, 0.717) is 28.7 Å². The maximum absolute atomic E-state index is 5.19. The van der Waals surface area contributed by atoms with Gasteiger partial charge in [0.2, 0.25) is 0 Å². The van der Waals surface area contributed by atoms with Gasteiger partial charge in [-0.2, -0.15) is 0 Å². The molecule has 4 heteroatoms. The number of nitrogens with zero attached hydrogens (tertiary/aromatic N) is 4. The van der Waals surface area contributed by atoms with E-state index in [-0.39, 0.29) is 10.8 Å². The lowest BCUT2D eigenvalue weighted by Crippen LogP contribution is -2.17. The van der Waals surface area contributed by atoms with E-state index in [0.717, 1.165) is 28.8 Å². The highest BCUT2D eigenvalue weighted by Crippen LogP contribution is 2.56. The van der Waals surface area contributed by atoms with E-state index in [1.807, 2.05) is 19.1 Å². The lowest BCUT2D eigenvalue weighted by molar-refractivity contribution is 0.652. The predicted molar refractivity (Wildman–Crippen MR) is 240 cm³/mol. The second-order valence-corrected chi connectivity index (χ2v) is 16.8. The SMILES string of the molecule is C=C(/C=C\C=C1\C=CC=CC1)c1nc(-c2ccc3c(c2)C(C)(C)c2cc4c(cc2-3)C(C)(C)c2ccccc2-4)nc(-c2cc(-c3cccc4ccccc34)cc(C)n2)n1. The van der Waals surface area contributed by atoms with Gasteiger partial charge in [-0.3, -0.25) is 0 Å². The lowest BCUT2D eigenvalue weighted by Gasteiger charge is -2.24. The first kappa shape index (κ1) is 35.6. The number of allylic oxidation sites excluding steroid dienone is 9. The van der Waals surface area contributed by atoms with Gasteiger partial charge in [0.15, 0.2) is 17.5 Å². The van der Waals surface area contributed by atoms with Crippen LogP contribution in [0.2, 0.25) is 0 Å². The Morgan fingerprint density at radius 2 is 1.29 bits per heavy atom. The highest BCUT2D eigenvalue weighted by molar-refractivity contribution is 5.97. The molecule has 280 valence electrons. The number of hydrogen-bond donors (Lipinski definition) is 0. The second kappa shape index (κ2) is 13.4. The van der Waals surface area contributed by atoms with Crippen LogP contribution in [0.4, 0.5) is 0 Å². The average molecular weight is 749 g/mol. The fourth-order valence-corrected chi connectivity index (χ4v) is 9.26. The van der Waals surface area contributed by atoms with Gasteiger partial charge in [0, 0.05) is 27.7 Å². The van der Waals surface area contributed by atoms with E-state index >= 15 is 0 Å². The van der Waals surface area contributed by atoms with Crippen molar-refractivity contribution in [1.82, 2.24) is 19.9 Å². The molecule has 2 aromatic heterocycles. The van der Waals surface area contributed by atoms with E-state index in [2.05, 4.69) is 174 Å². The summed E-state index contributed by atoms with van der Waals surface area (Å²) < 4.78 is 0. The van der Waals surface area contributed by atoms with Crippen LogP contribution in [0.15, 0.2) is 164 Å². The maximum atomic E-state index is 5.19. The van der Waals surface area contributed by atoms with E-state index in [4.69, 9.17) is 19.9 Å². The van der Waals surface area contributed by atoms with Gasteiger partial charge in [-0.25, -0.2) is 19.9 Å². The minimum absolute atomic E-state index is 0.0692. The van der Waals surface area contributed by atoms with Gasteiger partial charge in [0.05, 0.1) is 0 Å². The minimum Gasteiger partial charge on any atom is -0.250 e. The van der Waals surface area contributed by atoms with Gasteiger partial charge in [0.1, 0.15) is 5.69 Å². The molecule has 3 aliphatic carbocycles. The molecule has 3 aliphatic rings. The van der Waals surface area contributed by atoms with Crippen molar-refractivity contribution in [3.63, 3.8) is 0 Å². The van der Waals surface area contributed by atoms with Gasteiger partial charge in [0.25, 0.3) is 0 Å². The van der Waals surface area contributed by atoms with Crippen molar-refractivity contribution in [1.29, 1.82) is 0 Å². The van der Waals surface area contributed by atoms with Crippen LogP contribution in [0.25, 0.3) is 72.6 Å². The standard InChI is InChI=1S/C54H44N4/c1-33(16-14-19-35-17-8-7-9-18-35)50-56-51(58-52(57-50)49-30-38(28-34(2)55-49)40-24-15-21-36-20-10-11-22-39(36)40)37-26-27-42-44-32-47-43(31-48(44)54(5,6)46(42)29-37)41-23-12-13-25-45(41)53(47,3)4/h7-17,19-32H,1,18H2,2-6H3/b16-14-,35-19-. The van der Waals surface area contributed by atoms with Crippen molar-refractivity contribution in [3.05, 3.63) is 198 Å². The lowest BCUT2D eigenvalue weighted by atomic mass is 9.79. The largest absolute Gasteiger partial charge is 0.250 e. The molecule has 0 N–H and O–H groups in total. The van der Waals surface area contributed by atoms with Crippen LogP contribution in [-0.4, -0.2) is 19.9 Å². The number of benzene rings is 5. The molecule has 0 amide bonds. The third kappa shape index (κ3) is 5.82. The molecular weight excluding hydrogens is 705 g/mol. The molecule has 0 aliphatic heterocycles. The van der Waals surface area contributed by atoms with Crippen molar-refractivity contribution in [2.75, 3.05) is 0 Å². The van der Waals surface area contributed by atoms with Gasteiger partial charge in [-0.1, -0.05) is 156 Å². The zero-order valence-electron chi connectivity index (χ0n) is 33.6. The van der Waals surface area contributed by atoms with Crippen molar-refractivity contribution in [2.24, 2.45) is 0 Å². The predicted octanol–water partition coefficient (Wildman–Crippen LogP) is 13.4. The number of fused-ring (bicyclic) bond motifs is 7. The Labute approximate surface area is 340 Å². The van der Waals surface area contributed by atoms with Crippen LogP contribution in [0.3, 0.4) is 0 Å². The van der Waals surface area contributed by atoms with Crippen molar-refractivity contribution in [2.45, 2.75) is 51.9 Å². The zero-order valence-corrected chi connectivity index (χ0v) is 33.6. The summed E-state index contributed by atoms with van der Waals surface area (Å²) in [6.45, 7) is 15.8. The number of aromatic nitrogens is 4. The first-order chi connectivity index (χ1) is 28.1. The van der Waals surface area contributed by atoms with Gasteiger partial charge in [-0.05, 0) is 116 Å². The molecule has 0 fully saturated rings. The number of aryl methyl sites for hydroxylation is 1. The fraction of sp³-hybridized carbons (Fsp3) is 0.148. The van der Waals surface area contributed by atoms with Crippen LogP contribution in [0, 0.1) is 6.92 Å². The third-order valence-corrected chi connectivity index (χ3v) is 12.4. The summed E-state index contributed by atoms with van der Waals surface area (Å²) in [5.41, 5.74) is 17.0. The number of rotatable bonds is 6. The number of hydrogen-bond acceptors (Lipinski definition) is 4. The monoisotopic (exact) mass is 748 g/mol. The summed E-state index contributed by atoms with van der Waals surface area (Å²) in [5.74, 6) is 1.62. The summed E-state index contributed by atoms with van der Waals surface area (Å²) in [4.78, 5) is 20.4. The Bertz CT molecular complexity index is 3000.